The number of fused-ring (bicyclic) bond motifs is 1. The first-order valence-electron chi connectivity index (χ1n) is 13.7. The normalized spacial score (nSPS) is 19.4. The Morgan fingerprint density at radius 2 is 1.74 bits per heavy atom. The van der Waals surface area contributed by atoms with Crippen LogP contribution in [0.3, 0.4) is 0 Å². The Morgan fingerprint density at radius 1 is 1.00 bits per heavy atom. The zero-order valence-corrected chi connectivity index (χ0v) is 23.4. The van der Waals surface area contributed by atoms with E-state index in [2.05, 4.69) is 20.7 Å². The topological polar surface area (TPSA) is 110 Å². The minimum atomic E-state index is -4.62. The largest absolute Gasteiger partial charge is 0.494 e. The highest BCUT2D eigenvalue weighted by molar-refractivity contribution is 6.10. The summed E-state index contributed by atoms with van der Waals surface area (Å²) < 4.78 is 52.5. The SMILES string of the molecule is COc1ccc(C2=NN(CCCCOc3ccc(C4=NNC(=O)CC4C)cc3)C(=O)CC2C)c2cc(C(F)(F)F)nn12. The molecule has 222 valence electrons. The maximum atomic E-state index is 13.4. The van der Waals surface area contributed by atoms with Crippen LogP contribution in [0.4, 0.5) is 13.2 Å². The second-order valence-corrected chi connectivity index (χ2v) is 10.4. The van der Waals surface area contributed by atoms with Crippen LogP contribution < -0.4 is 14.9 Å². The minimum Gasteiger partial charge on any atom is -0.494 e. The molecule has 5 rings (SSSR count). The van der Waals surface area contributed by atoms with E-state index in [4.69, 9.17) is 9.47 Å². The number of ether oxygens (including phenoxy) is 2. The lowest BCUT2D eigenvalue weighted by Gasteiger charge is -2.28. The van der Waals surface area contributed by atoms with E-state index in [-0.39, 0.29) is 41.5 Å². The molecule has 0 aliphatic carbocycles. The van der Waals surface area contributed by atoms with E-state index >= 15 is 0 Å². The molecule has 42 heavy (non-hydrogen) atoms. The number of hydrogen-bond acceptors (Lipinski definition) is 7. The molecule has 1 N–H and O–H groups in total. The predicted molar refractivity (Wildman–Crippen MR) is 148 cm³/mol. The average molecular weight is 585 g/mol. The highest BCUT2D eigenvalue weighted by Gasteiger charge is 2.36. The third-order valence-electron chi connectivity index (χ3n) is 7.27. The molecule has 4 heterocycles. The maximum absolute atomic E-state index is 13.4. The lowest BCUT2D eigenvalue weighted by molar-refractivity contribution is -0.141. The Labute approximate surface area is 240 Å². The number of pyridine rings is 1. The fourth-order valence-electron chi connectivity index (χ4n) is 5.08. The van der Waals surface area contributed by atoms with Crippen molar-refractivity contribution in [3.05, 3.63) is 59.3 Å². The summed E-state index contributed by atoms with van der Waals surface area (Å²) in [7, 11) is 1.36. The standard InChI is InChI=1S/C29H31F3N6O4/c1-17-14-24(39)33-34-27(17)19-6-8-20(9-7-19)42-13-5-4-12-37-25(40)15-18(2)28(36-37)21-10-11-26(41-3)38-22(21)16-23(35-38)29(30,31)32/h6-11,16-18H,4-5,12-15H2,1-3H3,(H,33,39). The van der Waals surface area contributed by atoms with Crippen molar-refractivity contribution in [1.82, 2.24) is 20.0 Å². The van der Waals surface area contributed by atoms with E-state index in [1.165, 1.54) is 18.2 Å². The molecule has 0 radical (unpaired) electrons. The fourth-order valence-corrected chi connectivity index (χ4v) is 5.08. The molecule has 2 aliphatic rings. The van der Waals surface area contributed by atoms with Crippen LogP contribution in [-0.2, 0) is 15.8 Å². The summed E-state index contributed by atoms with van der Waals surface area (Å²) >= 11 is 0. The van der Waals surface area contributed by atoms with Crippen molar-refractivity contribution in [2.24, 2.45) is 22.0 Å². The van der Waals surface area contributed by atoms with Crippen molar-refractivity contribution in [2.45, 2.75) is 45.7 Å². The number of halogens is 3. The average Bonchev–Trinajstić information content (AvgIpc) is 3.41. The molecular weight excluding hydrogens is 553 g/mol. The van der Waals surface area contributed by atoms with Crippen molar-refractivity contribution >= 4 is 28.8 Å². The zero-order valence-electron chi connectivity index (χ0n) is 23.4. The number of carbonyl (C=O) groups excluding carboxylic acids is 2. The molecule has 0 fully saturated rings. The third-order valence-corrected chi connectivity index (χ3v) is 7.27. The number of amides is 2. The lowest BCUT2D eigenvalue weighted by atomic mass is 9.93. The first kappa shape index (κ1) is 29.1. The van der Waals surface area contributed by atoms with Gasteiger partial charge in [0.25, 0.3) is 0 Å². The number of methoxy groups -OCH3 is 1. The Hall–Kier alpha value is -4.42. The molecule has 0 saturated carbocycles. The van der Waals surface area contributed by atoms with Crippen LogP contribution in [0, 0.1) is 11.8 Å². The van der Waals surface area contributed by atoms with Gasteiger partial charge in [-0.3, -0.25) is 9.59 Å². The lowest BCUT2D eigenvalue weighted by Crippen LogP contribution is -2.37. The number of alkyl halides is 3. The second-order valence-electron chi connectivity index (χ2n) is 10.4. The summed E-state index contributed by atoms with van der Waals surface area (Å²) in [5.41, 5.74) is 4.41. The molecule has 10 nitrogen and oxygen atoms in total. The summed E-state index contributed by atoms with van der Waals surface area (Å²) in [6.45, 7) is 4.56. The molecular formula is C29H31F3N6O4. The number of nitrogens with zero attached hydrogens (tertiary/aromatic N) is 5. The van der Waals surface area contributed by atoms with Gasteiger partial charge in [-0.15, -0.1) is 0 Å². The monoisotopic (exact) mass is 584 g/mol. The molecule has 3 aromatic rings. The molecule has 2 unspecified atom stereocenters. The molecule has 2 atom stereocenters. The number of benzene rings is 1. The molecule has 2 aliphatic heterocycles. The van der Waals surface area contributed by atoms with E-state index in [1.807, 2.05) is 38.1 Å². The Morgan fingerprint density at radius 3 is 2.43 bits per heavy atom. The van der Waals surface area contributed by atoms with E-state index in [0.29, 0.717) is 49.4 Å². The van der Waals surface area contributed by atoms with Crippen molar-refractivity contribution < 1.29 is 32.2 Å². The van der Waals surface area contributed by atoms with Crippen LogP contribution in [0.25, 0.3) is 5.52 Å². The fraction of sp³-hybridized carbons (Fsp3) is 0.414. The zero-order chi connectivity index (χ0) is 30.0. The van der Waals surface area contributed by atoms with Gasteiger partial charge in [-0.2, -0.15) is 33.0 Å². The van der Waals surface area contributed by atoms with Gasteiger partial charge in [0.2, 0.25) is 17.7 Å². The number of hydrogen-bond donors (Lipinski definition) is 1. The van der Waals surface area contributed by atoms with Gasteiger partial charge in [0, 0.05) is 42.9 Å². The van der Waals surface area contributed by atoms with Crippen LogP contribution in [0.1, 0.15) is 56.4 Å². The summed E-state index contributed by atoms with van der Waals surface area (Å²) in [5, 5.41) is 13.8. The van der Waals surface area contributed by atoms with Gasteiger partial charge < -0.3 is 9.47 Å². The Bertz CT molecular complexity index is 1550. The van der Waals surface area contributed by atoms with E-state index in [9.17, 15) is 22.8 Å². The molecule has 2 aromatic heterocycles. The summed E-state index contributed by atoms with van der Waals surface area (Å²) in [4.78, 5) is 24.2. The Kier molecular flexibility index (Phi) is 8.19. The van der Waals surface area contributed by atoms with Crippen LogP contribution in [0.15, 0.2) is 52.7 Å². The molecule has 0 saturated heterocycles. The molecule has 0 bridgehead atoms. The highest BCUT2D eigenvalue weighted by atomic mass is 19.4. The third kappa shape index (κ3) is 6.09. The van der Waals surface area contributed by atoms with E-state index < -0.39 is 11.9 Å². The summed E-state index contributed by atoms with van der Waals surface area (Å²) in [6, 6.07) is 11.7. The van der Waals surface area contributed by atoms with Crippen LogP contribution in [0.2, 0.25) is 0 Å². The van der Waals surface area contributed by atoms with Crippen molar-refractivity contribution in [2.75, 3.05) is 20.3 Å². The van der Waals surface area contributed by atoms with E-state index in [1.54, 1.807) is 6.07 Å². The number of hydrazone groups is 2. The van der Waals surface area contributed by atoms with Gasteiger partial charge in [0.05, 0.1) is 30.7 Å². The molecule has 13 heteroatoms. The van der Waals surface area contributed by atoms with Crippen LogP contribution in [0.5, 0.6) is 11.6 Å². The van der Waals surface area contributed by atoms with Crippen LogP contribution in [-0.4, -0.2) is 58.1 Å². The molecule has 1 aromatic carbocycles. The number of aromatic nitrogens is 2. The van der Waals surface area contributed by atoms with Gasteiger partial charge in [0.1, 0.15) is 5.75 Å². The maximum Gasteiger partial charge on any atom is 0.435 e. The molecule has 2 amide bonds. The first-order chi connectivity index (χ1) is 20.0. The van der Waals surface area contributed by atoms with Gasteiger partial charge >= 0.3 is 6.18 Å². The number of nitrogens with one attached hydrogen (secondary N) is 1. The number of unbranched alkanes of at least 4 members (excludes halogenated alkanes) is 1. The first-order valence-corrected chi connectivity index (χ1v) is 13.7. The minimum absolute atomic E-state index is 0.0300. The van der Waals surface area contributed by atoms with Crippen molar-refractivity contribution in [1.29, 1.82) is 0 Å². The van der Waals surface area contributed by atoms with Crippen molar-refractivity contribution in [3.8, 4) is 11.6 Å². The van der Waals surface area contributed by atoms with Gasteiger partial charge in [-0.05, 0) is 54.8 Å². The smallest absolute Gasteiger partial charge is 0.435 e. The van der Waals surface area contributed by atoms with E-state index in [0.717, 1.165) is 21.9 Å². The van der Waals surface area contributed by atoms with Gasteiger partial charge in [-0.1, -0.05) is 13.8 Å². The number of rotatable bonds is 9. The van der Waals surface area contributed by atoms with Crippen LogP contribution >= 0.6 is 0 Å². The Balaban J connectivity index is 1.22. The summed E-state index contributed by atoms with van der Waals surface area (Å²) in [6.07, 6.45) is -2.76. The highest BCUT2D eigenvalue weighted by Crippen LogP contribution is 2.33. The van der Waals surface area contributed by atoms with Gasteiger partial charge in [-0.25, -0.2) is 10.4 Å². The quantitative estimate of drug-likeness (QED) is 0.368. The summed E-state index contributed by atoms with van der Waals surface area (Å²) in [5.74, 6) is 0.347. The van der Waals surface area contributed by atoms with Crippen molar-refractivity contribution in [3.63, 3.8) is 0 Å². The molecule has 0 spiro atoms. The predicted octanol–water partition coefficient (Wildman–Crippen LogP) is 4.65. The second kappa shape index (κ2) is 11.8. The number of carbonyl (C=O) groups is 2. The van der Waals surface area contributed by atoms with Gasteiger partial charge in [0.15, 0.2) is 5.69 Å².